The van der Waals surface area contributed by atoms with Gasteiger partial charge in [0.25, 0.3) is 0 Å². The molecule has 2 fully saturated rings. The van der Waals surface area contributed by atoms with E-state index in [1.54, 1.807) is 6.20 Å². The van der Waals surface area contributed by atoms with Crippen LogP contribution in [-0.4, -0.2) is 38.2 Å². The Labute approximate surface area is 220 Å². The van der Waals surface area contributed by atoms with Crippen molar-refractivity contribution in [2.75, 3.05) is 18.0 Å². The molecule has 0 amide bonds. The van der Waals surface area contributed by atoms with E-state index in [9.17, 15) is 5.26 Å². The number of anilines is 1. The molecule has 1 unspecified atom stereocenters. The Kier molecular flexibility index (Phi) is 5.32. The van der Waals surface area contributed by atoms with Crippen LogP contribution in [0.2, 0.25) is 0 Å². The van der Waals surface area contributed by atoms with Crippen molar-refractivity contribution in [3.63, 3.8) is 0 Å². The Hall–Kier alpha value is -4.38. The molecule has 7 rings (SSSR count). The summed E-state index contributed by atoms with van der Waals surface area (Å²) in [6, 6.07) is 16.7. The highest BCUT2D eigenvalue weighted by molar-refractivity contribution is 5.93. The van der Waals surface area contributed by atoms with Gasteiger partial charge in [-0.1, -0.05) is 0 Å². The van der Waals surface area contributed by atoms with Gasteiger partial charge in [-0.3, -0.25) is 5.10 Å². The van der Waals surface area contributed by atoms with Crippen molar-refractivity contribution in [2.24, 2.45) is 11.3 Å². The topological polar surface area (TPSA) is 107 Å². The van der Waals surface area contributed by atoms with Crippen molar-refractivity contribution in [1.82, 2.24) is 25.1 Å². The summed E-state index contributed by atoms with van der Waals surface area (Å²) in [5, 5.41) is 19.0. The molecular formula is C30H29N7O. The fraction of sp³-hybridized carbons (Fsp3) is 0.333. The maximum absolute atomic E-state index is 9.19. The van der Waals surface area contributed by atoms with Crippen LogP contribution in [0.15, 0.2) is 61.1 Å². The van der Waals surface area contributed by atoms with E-state index in [1.165, 1.54) is 0 Å². The normalized spacial score (nSPS) is 17.9. The summed E-state index contributed by atoms with van der Waals surface area (Å²) in [6.45, 7) is 4.13. The smallest absolute Gasteiger partial charge is 0.137 e. The van der Waals surface area contributed by atoms with Gasteiger partial charge in [0.2, 0.25) is 0 Å². The zero-order chi connectivity index (χ0) is 25.7. The van der Waals surface area contributed by atoms with Gasteiger partial charge in [0.15, 0.2) is 0 Å². The number of benzene rings is 1. The molecule has 1 saturated carbocycles. The largest absolute Gasteiger partial charge is 0.486 e. The SMILES string of the molecule is CC(Oc1ccc2[nH]nc(-c3ccc(N4CC5(CCC(C#N)CC5)C4)nc3)c2c1)c1ccnc2[nH]ccc12. The fourth-order valence-corrected chi connectivity index (χ4v) is 6.20. The average Bonchev–Trinajstić information content (AvgIpc) is 3.59. The van der Waals surface area contributed by atoms with E-state index in [0.29, 0.717) is 5.41 Å². The van der Waals surface area contributed by atoms with E-state index in [2.05, 4.69) is 50.2 Å². The van der Waals surface area contributed by atoms with E-state index in [-0.39, 0.29) is 12.0 Å². The number of hydrogen-bond donors (Lipinski definition) is 2. The van der Waals surface area contributed by atoms with E-state index >= 15 is 0 Å². The monoisotopic (exact) mass is 503 g/mol. The number of nitrogens with zero attached hydrogens (tertiary/aromatic N) is 5. The molecule has 4 aromatic heterocycles. The van der Waals surface area contributed by atoms with E-state index in [4.69, 9.17) is 9.72 Å². The first kappa shape index (κ1) is 22.8. The predicted octanol–water partition coefficient (Wildman–Crippen LogP) is 6.16. The van der Waals surface area contributed by atoms with Crippen molar-refractivity contribution in [2.45, 2.75) is 38.7 Å². The van der Waals surface area contributed by atoms with Crippen LogP contribution in [0.1, 0.15) is 44.3 Å². The minimum atomic E-state index is -0.139. The quantitative estimate of drug-likeness (QED) is 0.297. The molecule has 8 heteroatoms. The number of nitriles is 1. The highest BCUT2D eigenvalue weighted by Gasteiger charge is 2.45. The summed E-state index contributed by atoms with van der Waals surface area (Å²) in [7, 11) is 0. The lowest BCUT2D eigenvalue weighted by Gasteiger charge is -2.53. The maximum Gasteiger partial charge on any atom is 0.137 e. The third kappa shape index (κ3) is 3.86. The Bertz CT molecular complexity index is 1650. The summed E-state index contributed by atoms with van der Waals surface area (Å²) >= 11 is 0. The fourth-order valence-electron chi connectivity index (χ4n) is 6.20. The molecule has 1 aliphatic carbocycles. The highest BCUT2D eigenvalue weighted by atomic mass is 16.5. The van der Waals surface area contributed by atoms with Crippen LogP contribution in [-0.2, 0) is 0 Å². The molecule has 5 heterocycles. The number of hydrogen-bond acceptors (Lipinski definition) is 6. The number of H-pyrrole nitrogens is 2. The molecule has 1 aromatic carbocycles. The molecule has 1 saturated heterocycles. The molecule has 0 radical (unpaired) electrons. The number of ether oxygens (including phenoxy) is 1. The first-order chi connectivity index (χ1) is 18.6. The average molecular weight is 504 g/mol. The van der Waals surface area contributed by atoms with Gasteiger partial charge in [0.05, 0.1) is 11.6 Å². The molecule has 1 aliphatic heterocycles. The number of fused-ring (bicyclic) bond motifs is 2. The summed E-state index contributed by atoms with van der Waals surface area (Å²) < 4.78 is 6.36. The van der Waals surface area contributed by atoms with Crippen LogP contribution in [0, 0.1) is 22.7 Å². The summed E-state index contributed by atoms with van der Waals surface area (Å²) in [5.41, 5.74) is 5.12. The second-order valence-electron chi connectivity index (χ2n) is 10.8. The highest BCUT2D eigenvalue weighted by Crippen LogP contribution is 2.46. The van der Waals surface area contributed by atoms with Gasteiger partial charge in [-0.2, -0.15) is 10.4 Å². The second kappa shape index (κ2) is 8.88. The van der Waals surface area contributed by atoms with Gasteiger partial charge in [-0.05, 0) is 75.1 Å². The molecule has 2 N–H and O–H groups in total. The van der Waals surface area contributed by atoms with Crippen LogP contribution < -0.4 is 9.64 Å². The molecule has 5 aromatic rings. The summed E-state index contributed by atoms with van der Waals surface area (Å²) in [5.74, 6) is 2.04. The zero-order valence-electron chi connectivity index (χ0n) is 21.3. The molecule has 38 heavy (non-hydrogen) atoms. The summed E-state index contributed by atoms with van der Waals surface area (Å²) in [6.07, 6.45) is 9.86. The van der Waals surface area contributed by atoms with Gasteiger partial charge < -0.3 is 14.6 Å². The number of aromatic nitrogens is 5. The van der Waals surface area contributed by atoms with Crippen LogP contribution in [0.5, 0.6) is 5.75 Å². The lowest BCUT2D eigenvalue weighted by atomic mass is 9.66. The summed E-state index contributed by atoms with van der Waals surface area (Å²) in [4.78, 5) is 14.7. The van der Waals surface area contributed by atoms with Crippen molar-refractivity contribution < 1.29 is 4.74 Å². The number of pyridine rings is 2. The van der Waals surface area contributed by atoms with Gasteiger partial charge >= 0.3 is 0 Å². The van der Waals surface area contributed by atoms with Crippen molar-refractivity contribution in [3.8, 4) is 23.1 Å². The Morgan fingerprint density at radius 3 is 2.74 bits per heavy atom. The molecule has 2 aliphatic rings. The van der Waals surface area contributed by atoms with Crippen LogP contribution in [0.3, 0.4) is 0 Å². The van der Waals surface area contributed by atoms with Crippen molar-refractivity contribution >= 4 is 27.8 Å². The van der Waals surface area contributed by atoms with E-state index in [1.807, 2.05) is 42.7 Å². The Morgan fingerprint density at radius 1 is 1.08 bits per heavy atom. The molecule has 8 nitrogen and oxygen atoms in total. The van der Waals surface area contributed by atoms with Gasteiger partial charge in [-0.25, -0.2) is 9.97 Å². The molecule has 0 bridgehead atoms. The minimum absolute atomic E-state index is 0.139. The minimum Gasteiger partial charge on any atom is -0.486 e. The van der Waals surface area contributed by atoms with Crippen LogP contribution in [0.4, 0.5) is 5.82 Å². The van der Waals surface area contributed by atoms with Crippen molar-refractivity contribution in [1.29, 1.82) is 5.26 Å². The number of aromatic amines is 2. The maximum atomic E-state index is 9.19. The number of nitrogens with one attached hydrogen (secondary N) is 2. The standard InChI is InChI=1S/C30H29N7O/c1-19(23-8-12-32-29-24(23)9-13-33-29)38-22-3-4-26-25(14-22)28(36-35-26)21-2-5-27(34-16-21)37-17-30(18-37)10-6-20(15-31)7-11-30/h2-5,8-9,12-14,16,19-20H,6-7,10-11,17-18H2,1H3,(H,32,33)(H,35,36). The van der Waals surface area contributed by atoms with Crippen LogP contribution in [0.25, 0.3) is 33.2 Å². The first-order valence-electron chi connectivity index (χ1n) is 13.3. The lowest BCUT2D eigenvalue weighted by Crippen LogP contribution is -2.58. The third-order valence-corrected chi connectivity index (χ3v) is 8.41. The number of rotatable bonds is 5. The zero-order valence-corrected chi connectivity index (χ0v) is 21.3. The molecule has 1 spiro atoms. The van der Waals surface area contributed by atoms with Gasteiger partial charge in [-0.15, -0.1) is 0 Å². The Balaban J connectivity index is 1.08. The predicted molar refractivity (Wildman–Crippen MR) is 147 cm³/mol. The lowest BCUT2D eigenvalue weighted by molar-refractivity contribution is 0.122. The van der Waals surface area contributed by atoms with E-state index < -0.39 is 0 Å². The second-order valence-corrected chi connectivity index (χ2v) is 10.8. The third-order valence-electron chi connectivity index (χ3n) is 8.41. The van der Waals surface area contributed by atoms with Crippen LogP contribution >= 0.6 is 0 Å². The molecule has 1 atom stereocenters. The molecular weight excluding hydrogens is 474 g/mol. The van der Waals surface area contributed by atoms with Gasteiger partial charge in [0.1, 0.15) is 29.0 Å². The molecule has 190 valence electrons. The first-order valence-corrected chi connectivity index (χ1v) is 13.3. The Morgan fingerprint density at radius 2 is 1.95 bits per heavy atom. The van der Waals surface area contributed by atoms with Crippen molar-refractivity contribution in [3.05, 3.63) is 66.6 Å². The van der Waals surface area contributed by atoms with E-state index in [0.717, 1.165) is 89.1 Å². The van der Waals surface area contributed by atoms with Gasteiger partial charge in [0, 0.05) is 64.9 Å².